The van der Waals surface area contributed by atoms with Gasteiger partial charge in [-0.25, -0.2) is 9.97 Å². The van der Waals surface area contributed by atoms with Gasteiger partial charge in [0.1, 0.15) is 12.0 Å². The summed E-state index contributed by atoms with van der Waals surface area (Å²) in [4.78, 5) is 7.94. The lowest BCUT2D eigenvalue weighted by atomic mass is 10.4. The number of nitrogens with zero attached hydrogens (tertiary/aromatic N) is 3. The summed E-state index contributed by atoms with van der Waals surface area (Å²) in [6.45, 7) is 0.528. The molecule has 0 fully saturated rings. The van der Waals surface area contributed by atoms with Crippen molar-refractivity contribution in [2.24, 2.45) is 0 Å². The van der Waals surface area contributed by atoms with E-state index in [1.54, 1.807) is 6.07 Å². The minimum atomic E-state index is 0.516. The fraction of sp³-hybridized carbons (Fsp3) is 0.125. The van der Waals surface area contributed by atoms with Gasteiger partial charge in [-0.05, 0) is 0 Å². The van der Waals surface area contributed by atoms with Crippen molar-refractivity contribution >= 4 is 11.6 Å². The van der Waals surface area contributed by atoms with Crippen molar-refractivity contribution in [3.05, 3.63) is 30.4 Å². The molecule has 14 heavy (non-hydrogen) atoms. The van der Waals surface area contributed by atoms with Gasteiger partial charge in [-0.3, -0.25) is 0 Å². The Labute approximate surface area is 80.1 Å². The Balaban J connectivity index is 1.95. The van der Waals surface area contributed by atoms with E-state index < -0.39 is 0 Å². The lowest BCUT2D eigenvalue weighted by Gasteiger charge is -2.00. The molecule has 0 bridgehead atoms. The minimum absolute atomic E-state index is 0.516. The Hall–Kier alpha value is -2.11. The molecule has 2 aromatic heterocycles. The molecule has 0 aliphatic rings. The Morgan fingerprint density at radius 2 is 2.14 bits per heavy atom. The molecule has 6 heteroatoms. The Morgan fingerprint density at radius 1 is 1.36 bits per heavy atom. The number of nitrogens with one attached hydrogen (secondary N) is 1. The average molecular weight is 191 g/mol. The van der Waals surface area contributed by atoms with E-state index in [4.69, 9.17) is 5.73 Å². The van der Waals surface area contributed by atoms with Crippen molar-refractivity contribution in [1.29, 1.82) is 0 Å². The zero-order valence-electron chi connectivity index (χ0n) is 7.34. The third-order valence-corrected chi connectivity index (χ3v) is 1.59. The van der Waals surface area contributed by atoms with Gasteiger partial charge in [-0.1, -0.05) is 5.16 Å². The molecule has 0 spiro atoms. The topological polar surface area (TPSA) is 89.9 Å². The van der Waals surface area contributed by atoms with Crippen LogP contribution in [-0.2, 0) is 6.54 Å². The van der Waals surface area contributed by atoms with E-state index in [1.165, 1.54) is 18.7 Å². The Bertz CT molecular complexity index is 383. The SMILES string of the molecule is Nc1cnc(NCc2ccon2)nc1. The first kappa shape index (κ1) is 8.49. The van der Waals surface area contributed by atoms with Gasteiger partial charge >= 0.3 is 0 Å². The molecular weight excluding hydrogens is 182 g/mol. The second kappa shape index (κ2) is 3.73. The van der Waals surface area contributed by atoms with Crippen molar-refractivity contribution in [2.75, 3.05) is 11.1 Å². The van der Waals surface area contributed by atoms with Crippen molar-refractivity contribution in [3.8, 4) is 0 Å². The van der Waals surface area contributed by atoms with Crippen molar-refractivity contribution in [2.45, 2.75) is 6.54 Å². The fourth-order valence-electron chi connectivity index (χ4n) is 0.928. The van der Waals surface area contributed by atoms with Gasteiger partial charge in [0.05, 0.1) is 24.6 Å². The van der Waals surface area contributed by atoms with Crippen molar-refractivity contribution in [1.82, 2.24) is 15.1 Å². The Kier molecular flexibility index (Phi) is 2.26. The molecular formula is C8H9N5O. The van der Waals surface area contributed by atoms with Gasteiger partial charge in [0.15, 0.2) is 0 Å². The van der Waals surface area contributed by atoms with Crippen LogP contribution in [0.1, 0.15) is 5.69 Å². The maximum atomic E-state index is 5.44. The summed E-state index contributed by atoms with van der Waals surface area (Å²) in [7, 11) is 0. The minimum Gasteiger partial charge on any atom is -0.396 e. The number of anilines is 2. The van der Waals surface area contributed by atoms with Crippen LogP contribution in [-0.4, -0.2) is 15.1 Å². The van der Waals surface area contributed by atoms with E-state index >= 15 is 0 Å². The van der Waals surface area contributed by atoms with Crippen LogP contribution in [0.3, 0.4) is 0 Å². The molecule has 2 rings (SSSR count). The number of aromatic nitrogens is 3. The van der Waals surface area contributed by atoms with E-state index in [1.807, 2.05) is 0 Å². The first-order valence-corrected chi connectivity index (χ1v) is 4.05. The van der Waals surface area contributed by atoms with Crippen LogP contribution >= 0.6 is 0 Å². The second-order valence-electron chi connectivity index (χ2n) is 2.68. The summed E-state index contributed by atoms with van der Waals surface area (Å²) in [5, 5.41) is 6.71. The van der Waals surface area contributed by atoms with Gasteiger partial charge in [0, 0.05) is 6.07 Å². The molecule has 6 nitrogen and oxygen atoms in total. The van der Waals surface area contributed by atoms with E-state index in [0.717, 1.165) is 5.69 Å². The van der Waals surface area contributed by atoms with E-state index in [-0.39, 0.29) is 0 Å². The van der Waals surface area contributed by atoms with Gasteiger partial charge in [-0.2, -0.15) is 0 Å². The van der Waals surface area contributed by atoms with Crippen molar-refractivity contribution in [3.63, 3.8) is 0 Å². The maximum Gasteiger partial charge on any atom is 0.223 e. The van der Waals surface area contributed by atoms with E-state index in [9.17, 15) is 0 Å². The third kappa shape index (κ3) is 1.98. The summed E-state index contributed by atoms with van der Waals surface area (Å²) in [5.41, 5.74) is 6.77. The molecule has 0 aliphatic heterocycles. The quantitative estimate of drug-likeness (QED) is 0.740. The molecule has 0 saturated heterocycles. The fourth-order valence-corrected chi connectivity index (χ4v) is 0.928. The molecule has 2 heterocycles. The van der Waals surface area contributed by atoms with Crippen LogP contribution in [0.5, 0.6) is 0 Å². The van der Waals surface area contributed by atoms with Crippen LogP contribution in [0.4, 0.5) is 11.6 Å². The van der Waals surface area contributed by atoms with E-state index in [0.29, 0.717) is 18.2 Å². The third-order valence-electron chi connectivity index (χ3n) is 1.59. The highest BCUT2D eigenvalue weighted by molar-refractivity contribution is 5.35. The lowest BCUT2D eigenvalue weighted by Crippen LogP contribution is -2.03. The maximum absolute atomic E-state index is 5.44. The summed E-state index contributed by atoms with van der Waals surface area (Å²) in [6.07, 6.45) is 4.59. The van der Waals surface area contributed by atoms with Crippen LogP contribution in [0.15, 0.2) is 29.2 Å². The van der Waals surface area contributed by atoms with Crippen LogP contribution < -0.4 is 11.1 Å². The summed E-state index contributed by atoms with van der Waals surface area (Å²) in [5.74, 6) is 0.516. The highest BCUT2D eigenvalue weighted by Gasteiger charge is 1.98. The average Bonchev–Trinajstić information content (AvgIpc) is 2.70. The largest absolute Gasteiger partial charge is 0.396 e. The molecule has 0 saturated carbocycles. The normalized spacial score (nSPS) is 10.0. The molecule has 3 N–H and O–H groups in total. The van der Waals surface area contributed by atoms with Crippen LogP contribution in [0.2, 0.25) is 0 Å². The molecule has 72 valence electrons. The highest BCUT2D eigenvalue weighted by atomic mass is 16.5. The summed E-state index contributed by atoms with van der Waals surface area (Å²) >= 11 is 0. The lowest BCUT2D eigenvalue weighted by molar-refractivity contribution is 0.412. The van der Waals surface area contributed by atoms with Gasteiger partial charge in [0.25, 0.3) is 0 Å². The number of hydrogen-bond acceptors (Lipinski definition) is 6. The highest BCUT2D eigenvalue weighted by Crippen LogP contribution is 2.02. The first-order valence-electron chi connectivity index (χ1n) is 4.05. The number of nitrogens with two attached hydrogens (primary N) is 1. The predicted molar refractivity (Wildman–Crippen MR) is 50.3 cm³/mol. The Morgan fingerprint density at radius 3 is 2.79 bits per heavy atom. The van der Waals surface area contributed by atoms with Gasteiger partial charge < -0.3 is 15.6 Å². The standard InChI is InChI=1S/C8H9N5O/c9-6-3-10-8(11-4-6)12-5-7-1-2-14-13-7/h1-4H,5,9H2,(H,10,11,12). The monoisotopic (exact) mass is 191 g/mol. The van der Waals surface area contributed by atoms with Gasteiger partial charge in [0.2, 0.25) is 5.95 Å². The zero-order valence-corrected chi connectivity index (χ0v) is 7.34. The molecule has 0 atom stereocenters. The molecule has 0 amide bonds. The number of hydrogen-bond donors (Lipinski definition) is 2. The molecule has 0 radical (unpaired) electrons. The zero-order chi connectivity index (χ0) is 9.80. The first-order chi connectivity index (χ1) is 6.84. The summed E-state index contributed by atoms with van der Waals surface area (Å²) in [6, 6.07) is 1.77. The molecule has 0 aliphatic carbocycles. The van der Waals surface area contributed by atoms with Crippen molar-refractivity contribution < 1.29 is 4.52 Å². The van der Waals surface area contributed by atoms with Crippen LogP contribution in [0.25, 0.3) is 0 Å². The van der Waals surface area contributed by atoms with Gasteiger partial charge in [-0.15, -0.1) is 0 Å². The smallest absolute Gasteiger partial charge is 0.223 e. The predicted octanol–water partition coefficient (Wildman–Crippen LogP) is 0.659. The second-order valence-corrected chi connectivity index (χ2v) is 2.68. The van der Waals surface area contributed by atoms with E-state index in [2.05, 4.69) is 25.0 Å². The molecule has 2 aromatic rings. The van der Waals surface area contributed by atoms with Crippen LogP contribution in [0, 0.1) is 0 Å². The number of rotatable bonds is 3. The molecule has 0 aromatic carbocycles. The number of nitrogen functional groups attached to an aromatic ring is 1. The summed E-state index contributed by atoms with van der Waals surface area (Å²) < 4.78 is 4.67. The molecule has 0 unspecified atom stereocenters.